The van der Waals surface area contributed by atoms with Gasteiger partial charge < -0.3 is 14.6 Å². The van der Waals surface area contributed by atoms with E-state index < -0.39 is 12.3 Å². The highest BCUT2D eigenvalue weighted by atomic mass is 19.4. The lowest BCUT2D eigenvalue weighted by Crippen LogP contribution is -2.16. The number of ketones is 1. The van der Waals surface area contributed by atoms with E-state index in [2.05, 4.69) is 30.5 Å². The van der Waals surface area contributed by atoms with Crippen molar-refractivity contribution in [3.8, 4) is 22.8 Å². The second kappa shape index (κ2) is 13.0. The molecule has 1 atom stereocenters. The number of aryl methyl sites for hydroxylation is 1. The number of hydrogen-bond donors (Lipinski definition) is 1. The van der Waals surface area contributed by atoms with E-state index in [1.807, 2.05) is 25.1 Å². The van der Waals surface area contributed by atoms with Crippen molar-refractivity contribution in [3.63, 3.8) is 0 Å². The Labute approximate surface area is 232 Å². The van der Waals surface area contributed by atoms with Crippen LogP contribution in [0.1, 0.15) is 80.5 Å². The monoisotopic (exact) mass is 557 g/mol. The smallest absolute Gasteiger partial charge is 0.484 e. The van der Waals surface area contributed by atoms with Gasteiger partial charge in [-0.2, -0.15) is 0 Å². The number of rotatable bonds is 12. The van der Waals surface area contributed by atoms with E-state index in [9.17, 15) is 22.8 Å². The molecule has 0 aliphatic carbocycles. The summed E-state index contributed by atoms with van der Waals surface area (Å²) in [6.07, 6.45) is -1.45. The molecule has 0 fully saturated rings. The number of aromatic nitrogens is 1. The normalized spacial score (nSPS) is 12.6. The van der Waals surface area contributed by atoms with Crippen molar-refractivity contribution >= 4 is 11.8 Å². The van der Waals surface area contributed by atoms with Gasteiger partial charge in [0, 0.05) is 24.0 Å². The number of ether oxygens (including phenoxy) is 2. The molecule has 0 bridgehead atoms. The Morgan fingerprint density at radius 2 is 1.60 bits per heavy atom. The van der Waals surface area contributed by atoms with Gasteiger partial charge in [-0.25, -0.2) is 0 Å². The largest absolute Gasteiger partial charge is 0.573 e. The first-order chi connectivity index (χ1) is 18.7. The molecular weight excluding hydrogens is 523 g/mol. The number of halogens is 3. The molecule has 1 heterocycles. The van der Waals surface area contributed by atoms with Gasteiger partial charge in [0.25, 0.3) is 0 Å². The maximum atomic E-state index is 12.5. The van der Waals surface area contributed by atoms with E-state index in [1.165, 1.54) is 24.3 Å². The summed E-state index contributed by atoms with van der Waals surface area (Å²) in [6, 6.07) is 14.6. The highest BCUT2D eigenvalue weighted by Gasteiger charge is 2.31. The molecule has 0 saturated heterocycles. The molecule has 1 aromatic heterocycles. The Balaban J connectivity index is 1.76. The Morgan fingerprint density at radius 3 is 2.15 bits per heavy atom. The Hall–Kier alpha value is -3.88. The fourth-order valence-corrected chi connectivity index (χ4v) is 4.18. The third-order valence-electron chi connectivity index (χ3n) is 6.25. The lowest BCUT2D eigenvalue weighted by Gasteiger charge is -2.25. The van der Waals surface area contributed by atoms with Gasteiger partial charge in [-0.05, 0) is 73.1 Å². The van der Waals surface area contributed by atoms with Crippen LogP contribution in [0.25, 0.3) is 11.3 Å². The fraction of sp³-hybridized carbons (Fsp3) is 0.387. The number of carbonyl (C=O) groups is 2. The molecule has 0 spiro atoms. The van der Waals surface area contributed by atoms with Crippen molar-refractivity contribution in [2.24, 2.45) is 5.41 Å². The number of Topliss-reactive ketones (excluding diaryl/α,β-unsaturated/α-hetero) is 1. The quantitative estimate of drug-likeness (QED) is 0.225. The molecule has 40 heavy (non-hydrogen) atoms. The molecule has 0 radical (unpaired) electrons. The molecule has 0 aliphatic rings. The number of alkyl halides is 3. The average molecular weight is 558 g/mol. The summed E-state index contributed by atoms with van der Waals surface area (Å²) in [7, 11) is 0. The van der Waals surface area contributed by atoms with Crippen molar-refractivity contribution in [2.75, 3.05) is 0 Å². The van der Waals surface area contributed by atoms with Gasteiger partial charge in [-0.15, -0.1) is 13.2 Å². The third-order valence-corrected chi connectivity index (χ3v) is 6.25. The van der Waals surface area contributed by atoms with Crippen LogP contribution in [0.5, 0.6) is 11.5 Å². The van der Waals surface area contributed by atoms with E-state index in [0.29, 0.717) is 29.0 Å². The molecule has 3 rings (SSSR count). The zero-order valence-electron chi connectivity index (χ0n) is 23.0. The van der Waals surface area contributed by atoms with Gasteiger partial charge in [0.15, 0.2) is 5.78 Å². The van der Waals surface area contributed by atoms with E-state index in [1.54, 1.807) is 18.3 Å². The second-order valence-corrected chi connectivity index (χ2v) is 10.9. The summed E-state index contributed by atoms with van der Waals surface area (Å²) < 4.78 is 47.7. The zero-order chi connectivity index (χ0) is 29.5. The first kappa shape index (κ1) is 30.7. The summed E-state index contributed by atoms with van der Waals surface area (Å²) >= 11 is 0. The van der Waals surface area contributed by atoms with Gasteiger partial charge in [0.05, 0.1) is 11.9 Å². The van der Waals surface area contributed by atoms with Crippen LogP contribution in [0.15, 0.2) is 60.8 Å². The van der Waals surface area contributed by atoms with Crippen molar-refractivity contribution < 1.29 is 37.3 Å². The highest BCUT2D eigenvalue weighted by Crippen LogP contribution is 2.33. The number of carboxylic acids is 1. The van der Waals surface area contributed by atoms with Crippen molar-refractivity contribution in [2.45, 2.75) is 72.3 Å². The number of aliphatic carboxylic acids is 1. The zero-order valence-corrected chi connectivity index (χ0v) is 23.0. The minimum Gasteiger partial charge on any atom is -0.484 e. The summed E-state index contributed by atoms with van der Waals surface area (Å²) in [6.45, 7) is 8.29. The number of benzene rings is 2. The minimum atomic E-state index is -4.75. The number of nitrogens with zero attached hydrogens (tertiary/aromatic N) is 1. The van der Waals surface area contributed by atoms with Crippen LogP contribution in [0.2, 0.25) is 0 Å². The van der Waals surface area contributed by atoms with Gasteiger partial charge in [0.1, 0.15) is 17.6 Å². The van der Waals surface area contributed by atoms with Crippen LogP contribution in [0, 0.1) is 12.3 Å². The van der Waals surface area contributed by atoms with Crippen molar-refractivity contribution in [1.29, 1.82) is 0 Å². The second-order valence-electron chi connectivity index (χ2n) is 10.9. The summed E-state index contributed by atoms with van der Waals surface area (Å²) in [5.74, 6) is -0.781. The van der Waals surface area contributed by atoms with Gasteiger partial charge >= 0.3 is 12.3 Å². The predicted octanol–water partition coefficient (Wildman–Crippen LogP) is 8.34. The van der Waals surface area contributed by atoms with E-state index >= 15 is 0 Å². The predicted molar refractivity (Wildman–Crippen MR) is 145 cm³/mol. The van der Waals surface area contributed by atoms with Crippen LogP contribution in [0.4, 0.5) is 13.2 Å². The van der Waals surface area contributed by atoms with Crippen LogP contribution in [0.3, 0.4) is 0 Å². The summed E-state index contributed by atoms with van der Waals surface area (Å²) in [5, 5.41) is 8.79. The third kappa shape index (κ3) is 9.70. The molecule has 6 nitrogen and oxygen atoms in total. The number of carbonyl (C=O) groups excluding carboxylic acids is 1. The van der Waals surface area contributed by atoms with Gasteiger partial charge in [0.2, 0.25) is 0 Å². The molecule has 1 N–H and O–H groups in total. The van der Waals surface area contributed by atoms with Crippen LogP contribution >= 0.6 is 0 Å². The molecule has 2 aromatic carbocycles. The Morgan fingerprint density at radius 1 is 0.950 bits per heavy atom. The molecule has 1 unspecified atom stereocenters. The van der Waals surface area contributed by atoms with Crippen molar-refractivity contribution in [3.05, 3.63) is 77.5 Å². The molecule has 9 heteroatoms. The fourth-order valence-electron chi connectivity index (χ4n) is 4.18. The molecule has 0 saturated carbocycles. The molecule has 3 aromatic rings. The van der Waals surface area contributed by atoms with Crippen molar-refractivity contribution in [1.82, 2.24) is 4.98 Å². The molecule has 0 aliphatic heterocycles. The standard InChI is InChI=1S/C31H34F3NO5/c1-20-18-25(19-35-29(20)23-12-14-24(15-13-23)40-31(32,33)34)39-27(16-17-30(2,3)4)22-10-8-21(9-11-22)26(36)6-5-7-28(37)38/h8-15,18-19,27H,5-7,16-17H2,1-4H3,(H,37,38). The SMILES string of the molecule is Cc1cc(OC(CCC(C)(C)C)c2ccc(C(=O)CCCC(=O)O)cc2)cnc1-c1ccc(OC(F)(F)F)cc1. The lowest BCUT2D eigenvalue weighted by molar-refractivity contribution is -0.274. The van der Waals surface area contributed by atoms with Gasteiger partial charge in [-0.3, -0.25) is 14.6 Å². The van der Waals surface area contributed by atoms with Gasteiger partial charge in [-0.1, -0.05) is 45.0 Å². The van der Waals surface area contributed by atoms with E-state index in [0.717, 1.165) is 24.0 Å². The maximum absolute atomic E-state index is 12.5. The summed E-state index contributed by atoms with van der Waals surface area (Å²) in [4.78, 5) is 27.7. The highest BCUT2D eigenvalue weighted by molar-refractivity contribution is 5.96. The Kier molecular flexibility index (Phi) is 9.95. The van der Waals surface area contributed by atoms with E-state index in [4.69, 9.17) is 9.84 Å². The van der Waals surface area contributed by atoms with Crippen LogP contribution in [-0.2, 0) is 4.79 Å². The van der Waals surface area contributed by atoms with Crippen LogP contribution in [-0.4, -0.2) is 28.2 Å². The topological polar surface area (TPSA) is 85.7 Å². The first-order valence-electron chi connectivity index (χ1n) is 13.0. The summed E-state index contributed by atoms with van der Waals surface area (Å²) in [5.41, 5.74) is 3.54. The number of carboxylic acid groups (broad SMARTS) is 1. The average Bonchev–Trinajstić information content (AvgIpc) is 2.85. The van der Waals surface area contributed by atoms with E-state index in [-0.39, 0.29) is 35.9 Å². The molecule has 0 amide bonds. The molecule has 214 valence electrons. The number of hydrogen-bond acceptors (Lipinski definition) is 5. The maximum Gasteiger partial charge on any atom is 0.573 e. The molecular formula is C31H34F3NO5. The minimum absolute atomic E-state index is 0.0451. The van der Waals surface area contributed by atoms with Crippen LogP contribution < -0.4 is 9.47 Å². The first-order valence-corrected chi connectivity index (χ1v) is 13.0. The lowest BCUT2D eigenvalue weighted by atomic mass is 9.87. The Bertz CT molecular complexity index is 1300. The number of pyridine rings is 1.